The second-order valence-electron chi connectivity index (χ2n) is 3.53. The lowest BCUT2D eigenvalue weighted by atomic mass is 10.1. The number of hydrogen-bond acceptors (Lipinski definition) is 7. The van der Waals surface area contributed by atoms with Crippen LogP contribution in [-0.4, -0.2) is 29.5 Å². The molecule has 0 radical (unpaired) electrons. The lowest BCUT2D eigenvalue weighted by Crippen LogP contribution is -1.98. The molecule has 0 aliphatic rings. The van der Waals surface area contributed by atoms with Crippen molar-refractivity contribution in [3.63, 3.8) is 0 Å². The summed E-state index contributed by atoms with van der Waals surface area (Å²) in [5.41, 5.74) is 5.29. The van der Waals surface area contributed by atoms with Crippen molar-refractivity contribution < 1.29 is 23.5 Å². The van der Waals surface area contributed by atoms with Gasteiger partial charge in [0, 0.05) is 6.07 Å². The van der Waals surface area contributed by atoms with E-state index in [0.29, 0.717) is 0 Å². The van der Waals surface area contributed by atoms with Gasteiger partial charge in [0.2, 0.25) is 11.7 Å². The molecular weight excluding hydrogens is 257 g/mol. The van der Waals surface area contributed by atoms with E-state index >= 15 is 0 Å². The summed E-state index contributed by atoms with van der Waals surface area (Å²) < 4.78 is 28.5. The number of aromatic hydroxyl groups is 1. The first kappa shape index (κ1) is 13.1. The Labute approximate surface area is 107 Å². The van der Waals surface area contributed by atoms with Gasteiger partial charge in [-0.15, -0.1) is 0 Å². The second-order valence-corrected chi connectivity index (χ2v) is 3.53. The number of phenols is 1. The van der Waals surface area contributed by atoms with E-state index in [1.54, 1.807) is 0 Å². The van der Waals surface area contributed by atoms with E-state index in [1.807, 2.05) is 0 Å². The maximum absolute atomic E-state index is 13.6. The minimum Gasteiger partial charge on any atom is -0.504 e. The van der Waals surface area contributed by atoms with Crippen LogP contribution in [0.2, 0.25) is 0 Å². The number of nitrogens with zero attached hydrogens (tertiary/aromatic N) is 2. The summed E-state index contributed by atoms with van der Waals surface area (Å²) in [7, 11) is 2.70. The van der Waals surface area contributed by atoms with Gasteiger partial charge < -0.3 is 24.8 Å². The van der Waals surface area contributed by atoms with Crippen molar-refractivity contribution in [2.45, 2.75) is 6.54 Å². The molecule has 1 heterocycles. The van der Waals surface area contributed by atoms with Crippen molar-refractivity contribution in [2.75, 3.05) is 14.2 Å². The zero-order valence-electron chi connectivity index (χ0n) is 10.3. The van der Waals surface area contributed by atoms with Crippen molar-refractivity contribution in [1.82, 2.24) is 10.1 Å². The third kappa shape index (κ3) is 2.17. The smallest absolute Gasteiger partial charge is 0.240 e. The van der Waals surface area contributed by atoms with Crippen LogP contribution in [0.4, 0.5) is 4.39 Å². The Hall–Kier alpha value is -2.35. The largest absolute Gasteiger partial charge is 0.504 e. The Balaban J connectivity index is 2.69. The standard InChI is InChI=1S/C11H12FN3O4/c1-17-6-3-5(12)9(16)8(10(6)18-2)11-14-7(4-13)19-15-11/h3,16H,4,13H2,1-2H3. The number of halogens is 1. The number of ether oxygens (including phenoxy) is 2. The van der Waals surface area contributed by atoms with Crippen molar-refractivity contribution in [1.29, 1.82) is 0 Å². The third-order valence-corrected chi connectivity index (χ3v) is 2.46. The Kier molecular flexibility index (Phi) is 3.52. The van der Waals surface area contributed by atoms with Crippen molar-refractivity contribution in [3.05, 3.63) is 17.8 Å². The Morgan fingerprint density at radius 1 is 1.42 bits per heavy atom. The molecule has 3 N–H and O–H groups in total. The molecule has 102 valence electrons. The van der Waals surface area contributed by atoms with Crippen LogP contribution in [0.1, 0.15) is 5.89 Å². The van der Waals surface area contributed by atoms with Gasteiger partial charge in [-0.05, 0) is 0 Å². The highest BCUT2D eigenvalue weighted by Gasteiger charge is 2.24. The van der Waals surface area contributed by atoms with Gasteiger partial charge in [0.25, 0.3) is 0 Å². The molecule has 2 rings (SSSR count). The first-order valence-corrected chi connectivity index (χ1v) is 5.28. The quantitative estimate of drug-likeness (QED) is 0.855. The zero-order chi connectivity index (χ0) is 14.0. The van der Waals surface area contributed by atoms with Crippen LogP contribution in [0.3, 0.4) is 0 Å². The molecule has 0 spiro atoms. The molecule has 0 unspecified atom stereocenters. The molecule has 0 aliphatic carbocycles. The van der Waals surface area contributed by atoms with Gasteiger partial charge in [0.1, 0.15) is 5.56 Å². The van der Waals surface area contributed by atoms with E-state index in [1.165, 1.54) is 14.2 Å². The Morgan fingerprint density at radius 3 is 2.68 bits per heavy atom. The molecule has 0 bridgehead atoms. The van der Waals surface area contributed by atoms with Crippen molar-refractivity contribution >= 4 is 0 Å². The van der Waals surface area contributed by atoms with Crippen LogP contribution in [-0.2, 0) is 6.54 Å². The first-order chi connectivity index (χ1) is 9.12. The maximum atomic E-state index is 13.6. The van der Waals surface area contributed by atoms with Gasteiger partial charge in [0.15, 0.2) is 23.1 Å². The molecule has 0 amide bonds. The number of methoxy groups -OCH3 is 2. The van der Waals surface area contributed by atoms with Gasteiger partial charge in [-0.1, -0.05) is 5.16 Å². The van der Waals surface area contributed by atoms with Crippen LogP contribution in [0, 0.1) is 5.82 Å². The number of hydrogen-bond donors (Lipinski definition) is 2. The summed E-state index contributed by atoms with van der Waals surface area (Å²) >= 11 is 0. The third-order valence-electron chi connectivity index (χ3n) is 2.46. The molecule has 1 aromatic carbocycles. The van der Waals surface area contributed by atoms with Crippen molar-refractivity contribution in [2.24, 2.45) is 5.73 Å². The number of phenolic OH excluding ortho intramolecular Hbond substituents is 1. The highest BCUT2D eigenvalue weighted by Crippen LogP contribution is 2.44. The first-order valence-electron chi connectivity index (χ1n) is 5.28. The Morgan fingerprint density at radius 2 is 2.16 bits per heavy atom. The predicted octanol–water partition coefficient (Wildman–Crippen LogP) is 1.06. The van der Waals surface area contributed by atoms with E-state index in [9.17, 15) is 9.50 Å². The molecule has 7 nitrogen and oxygen atoms in total. The predicted molar refractivity (Wildman–Crippen MR) is 62.4 cm³/mol. The van der Waals surface area contributed by atoms with Gasteiger partial charge in [-0.25, -0.2) is 4.39 Å². The molecule has 2 aromatic rings. The molecule has 1 aromatic heterocycles. The Bertz CT molecular complexity index is 600. The average molecular weight is 269 g/mol. The topological polar surface area (TPSA) is 104 Å². The van der Waals surface area contributed by atoms with Crippen LogP contribution < -0.4 is 15.2 Å². The normalized spacial score (nSPS) is 10.5. The fourth-order valence-electron chi connectivity index (χ4n) is 1.60. The summed E-state index contributed by atoms with van der Waals surface area (Å²) in [5.74, 6) is -1.21. The highest BCUT2D eigenvalue weighted by molar-refractivity contribution is 5.75. The summed E-state index contributed by atoms with van der Waals surface area (Å²) in [5, 5.41) is 13.4. The molecule has 19 heavy (non-hydrogen) atoms. The fourth-order valence-corrected chi connectivity index (χ4v) is 1.60. The number of rotatable bonds is 4. The van der Waals surface area contributed by atoms with Gasteiger partial charge in [-0.2, -0.15) is 4.98 Å². The van der Waals surface area contributed by atoms with Crippen LogP contribution in [0.5, 0.6) is 17.2 Å². The lowest BCUT2D eigenvalue weighted by Gasteiger charge is -2.12. The molecule has 0 aliphatic heterocycles. The van der Waals surface area contributed by atoms with E-state index < -0.39 is 11.6 Å². The van der Waals surface area contributed by atoms with Gasteiger partial charge in [-0.3, -0.25) is 0 Å². The van der Waals surface area contributed by atoms with E-state index in [4.69, 9.17) is 19.7 Å². The fraction of sp³-hybridized carbons (Fsp3) is 0.273. The number of aromatic nitrogens is 2. The molecule has 0 atom stereocenters. The molecular formula is C11H12FN3O4. The van der Waals surface area contributed by atoms with E-state index in [2.05, 4.69) is 10.1 Å². The summed E-state index contributed by atoms with van der Waals surface area (Å²) in [4.78, 5) is 3.92. The average Bonchev–Trinajstić information content (AvgIpc) is 2.89. The molecule has 8 heteroatoms. The summed E-state index contributed by atoms with van der Waals surface area (Å²) in [6.45, 7) is 0.0303. The number of benzene rings is 1. The maximum Gasteiger partial charge on any atom is 0.240 e. The molecule has 0 saturated carbocycles. The molecule has 0 fully saturated rings. The zero-order valence-corrected chi connectivity index (χ0v) is 10.3. The van der Waals surface area contributed by atoms with Gasteiger partial charge in [0.05, 0.1) is 20.8 Å². The van der Waals surface area contributed by atoms with Crippen LogP contribution in [0.25, 0.3) is 11.4 Å². The minimum absolute atomic E-state index is 0.0303. The van der Waals surface area contributed by atoms with Gasteiger partial charge >= 0.3 is 0 Å². The van der Waals surface area contributed by atoms with Crippen LogP contribution in [0.15, 0.2) is 10.6 Å². The van der Waals surface area contributed by atoms with Crippen LogP contribution >= 0.6 is 0 Å². The highest BCUT2D eigenvalue weighted by atomic mass is 19.1. The lowest BCUT2D eigenvalue weighted by molar-refractivity contribution is 0.345. The monoisotopic (exact) mass is 269 g/mol. The summed E-state index contributed by atoms with van der Waals surface area (Å²) in [6, 6.07) is 1.00. The molecule has 0 saturated heterocycles. The minimum atomic E-state index is -0.883. The van der Waals surface area contributed by atoms with E-state index in [0.717, 1.165) is 6.07 Å². The van der Waals surface area contributed by atoms with Crippen molar-refractivity contribution in [3.8, 4) is 28.6 Å². The SMILES string of the molecule is COc1cc(F)c(O)c(-c2noc(CN)n2)c1OC. The van der Waals surface area contributed by atoms with E-state index in [-0.39, 0.29) is 35.3 Å². The number of nitrogens with two attached hydrogens (primary N) is 1. The second kappa shape index (κ2) is 5.11. The summed E-state index contributed by atoms with van der Waals surface area (Å²) in [6.07, 6.45) is 0.